The molecule has 0 fully saturated rings. The molecule has 1 amide bonds. The van der Waals surface area contributed by atoms with Crippen LogP contribution in [0.25, 0.3) is 10.9 Å². The molecule has 4 nitrogen and oxygen atoms in total. The molecule has 0 aliphatic heterocycles. The Morgan fingerprint density at radius 2 is 2.24 bits per heavy atom. The van der Waals surface area contributed by atoms with Crippen LogP contribution in [0.3, 0.4) is 0 Å². The summed E-state index contributed by atoms with van der Waals surface area (Å²) in [5.41, 5.74) is 7.14. The SMILES string of the molecule is CC(Cn1ccc2ccc(CO)cc21)C(N)=O. The quantitative estimate of drug-likeness (QED) is 0.833. The Balaban J connectivity index is 2.37. The number of primary amides is 1. The fourth-order valence-corrected chi connectivity index (χ4v) is 1.87. The zero-order chi connectivity index (χ0) is 12.4. The van der Waals surface area contributed by atoms with E-state index in [2.05, 4.69) is 0 Å². The van der Waals surface area contributed by atoms with Gasteiger partial charge in [0.2, 0.25) is 5.91 Å². The molecule has 0 saturated heterocycles. The van der Waals surface area contributed by atoms with E-state index in [4.69, 9.17) is 10.8 Å². The zero-order valence-electron chi connectivity index (χ0n) is 9.76. The van der Waals surface area contributed by atoms with Crippen molar-refractivity contribution in [2.45, 2.75) is 20.1 Å². The van der Waals surface area contributed by atoms with Gasteiger partial charge in [-0.25, -0.2) is 0 Å². The van der Waals surface area contributed by atoms with Crippen LogP contribution in [0.15, 0.2) is 30.5 Å². The van der Waals surface area contributed by atoms with Gasteiger partial charge in [0.05, 0.1) is 12.5 Å². The van der Waals surface area contributed by atoms with Crippen molar-refractivity contribution in [1.29, 1.82) is 0 Å². The van der Waals surface area contributed by atoms with Gasteiger partial charge in [-0.15, -0.1) is 0 Å². The number of nitrogens with two attached hydrogens (primary N) is 1. The summed E-state index contributed by atoms with van der Waals surface area (Å²) in [7, 11) is 0. The Morgan fingerprint density at radius 1 is 1.47 bits per heavy atom. The van der Waals surface area contributed by atoms with Crippen LogP contribution >= 0.6 is 0 Å². The lowest BCUT2D eigenvalue weighted by Gasteiger charge is -2.10. The molecule has 2 rings (SSSR count). The van der Waals surface area contributed by atoms with E-state index in [-0.39, 0.29) is 18.4 Å². The van der Waals surface area contributed by atoms with Crippen molar-refractivity contribution in [3.05, 3.63) is 36.0 Å². The molecule has 4 heteroatoms. The summed E-state index contributed by atoms with van der Waals surface area (Å²) in [4.78, 5) is 11.1. The summed E-state index contributed by atoms with van der Waals surface area (Å²) >= 11 is 0. The number of benzene rings is 1. The molecular weight excluding hydrogens is 216 g/mol. The van der Waals surface area contributed by atoms with Gasteiger partial charge in [0.1, 0.15) is 0 Å². The third-order valence-electron chi connectivity index (χ3n) is 2.98. The molecule has 0 aliphatic rings. The molecule has 1 aromatic heterocycles. The number of aliphatic hydroxyl groups is 1. The van der Waals surface area contributed by atoms with E-state index in [0.717, 1.165) is 16.5 Å². The first-order valence-corrected chi connectivity index (χ1v) is 5.59. The molecule has 0 spiro atoms. The molecule has 1 aromatic carbocycles. The van der Waals surface area contributed by atoms with Crippen LogP contribution in [0.2, 0.25) is 0 Å². The molecule has 1 unspecified atom stereocenters. The van der Waals surface area contributed by atoms with E-state index < -0.39 is 0 Å². The zero-order valence-corrected chi connectivity index (χ0v) is 9.76. The van der Waals surface area contributed by atoms with Crippen molar-refractivity contribution in [1.82, 2.24) is 4.57 Å². The highest BCUT2D eigenvalue weighted by Gasteiger charge is 2.11. The lowest BCUT2D eigenvalue weighted by Crippen LogP contribution is -2.24. The second-order valence-electron chi connectivity index (χ2n) is 4.32. The van der Waals surface area contributed by atoms with Gasteiger partial charge in [-0.1, -0.05) is 19.1 Å². The number of nitrogens with zero attached hydrogens (tertiary/aromatic N) is 1. The summed E-state index contributed by atoms with van der Waals surface area (Å²) in [6, 6.07) is 7.78. The Labute approximate surface area is 99.7 Å². The first-order valence-electron chi connectivity index (χ1n) is 5.59. The molecule has 2 aromatic rings. The lowest BCUT2D eigenvalue weighted by atomic mass is 10.1. The number of aliphatic hydroxyl groups excluding tert-OH is 1. The van der Waals surface area contributed by atoms with E-state index in [1.54, 1.807) is 0 Å². The Bertz CT molecular complexity index is 545. The summed E-state index contributed by atoms with van der Waals surface area (Å²) < 4.78 is 1.99. The van der Waals surface area contributed by atoms with Crippen LogP contribution in [0, 0.1) is 5.92 Å². The molecule has 0 radical (unpaired) electrons. The predicted molar refractivity (Wildman–Crippen MR) is 66.2 cm³/mol. The topological polar surface area (TPSA) is 68.2 Å². The van der Waals surface area contributed by atoms with E-state index >= 15 is 0 Å². The second kappa shape index (κ2) is 4.59. The van der Waals surface area contributed by atoms with Crippen LogP contribution in [-0.4, -0.2) is 15.6 Å². The number of rotatable bonds is 4. The van der Waals surface area contributed by atoms with Crippen LogP contribution in [0.1, 0.15) is 12.5 Å². The average molecular weight is 232 g/mol. The molecule has 90 valence electrons. The molecule has 3 N–H and O–H groups in total. The summed E-state index contributed by atoms with van der Waals surface area (Å²) in [6.45, 7) is 2.39. The minimum Gasteiger partial charge on any atom is -0.392 e. The molecule has 0 bridgehead atoms. The number of hydrogen-bond acceptors (Lipinski definition) is 2. The highest BCUT2D eigenvalue weighted by Crippen LogP contribution is 2.19. The maximum atomic E-state index is 11.1. The van der Waals surface area contributed by atoms with Crippen molar-refractivity contribution in [3.8, 4) is 0 Å². The van der Waals surface area contributed by atoms with Gasteiger partial charge in [-0.05, 0) is 23.1 Å². The highest BCUT2D eigenvalue weighted by atomic mass is 16.3. The van der Waals surface area contributed by atoms with Crippen LogP contribution in [0.4, 0.5) is 0 Å². The molecule has 0 saturated carbocycles. The maximum Gasteiger partial charge on any atom is 0.222 e. The monoisotopic (exact) mass is 232 g/mol. The largest absolute Gasteiger partial charge is 0.392 e. The second-order valence-corrected chi connectivity index (χ2v) is 4.32. The Morgan fingerprint density at radius 3 is 2.88 bits per heavy atom. The van der Waals surface area contributed by atoms with Gasteiger partial charge in [0.25, 0.3) is 0 Å². The van der Waals surface area contributed by atoms with Gasteiger partial charge in [-0.2, -0.15) is 0 Å². The van der Waals surface area contributed by atoms with Crippen molar-refractivity contribution >= 4 is 16.8 Å². The standard InChI is InChI=1S/C13H16N2O2/c1-9(13(14)17)7-15-5-4-11-3-2-10(8-16)6-12(11)15/h2-6,9,16H,7-8H2,1H3,(H2,14,17). The maximum absolute atomic E-state index is 11.1. The van der Waals surface area contributed by atoms with E-state index in [1.807, 2.05) is 42.0 Å². The molecule has 1 heterocycles. The number of hydrogen-bond donors (Lipinski definition) is 2. The van der Waals surface area contributed by atoms with E-state index in [9.17, 15) is 4.79 Å². The average Bonchev–Trinajstić information content (AvgIpc) is 2.71. The molecule has 1 atom stereocenters. The number of amides is 1. The predicted octanol–water partition coefficient (Wildman–Crippen LogP) is 1.25. The first-order chi connectivity index (χ1) is 8.11. The fourth-order valence-electron chi connectivity index (χ4n) is 1.87. The summed E-state index contributed by atoms with van der Waals surface area (Å²) in [5, 5.41) is 10.2. The first kappa shape index (κ1) is 11.7. The Kier molecular flexibility index (Phi) is 3.15. The Hall–Kier alpha value is -1.81. The normalized spacial score (nSPS) is 12.8. The fraction of sp³-hybridized carbons (Fsp3) is 0.308. The van der Waals surface area contributed by atoms with Crippen molar-refractivity contribution < 1.29 is 9.90 Å². The van der Waals surface area contributed by atoms with Crippen LogP contribution < -0.4 is 5.73 Å². The highest BCUT2D eigenvalue weighted by molar-refractivity contribution is 5.81. The van der Waals surface area contributed by atoms with Crippen molar-refractivity contribution in [3.63, 3.8) is 0 Å². The van der Waals surface area contributed by atoms with E-state index in [0.29, 0.717) is 6.54 Å². The van der Waals surface area contributed by atoms with Gasteiger partial charge in [0, 0.05) is 18.3 Å². The molecular formula is C13H16N2O2. The molecule has 0 aliphatic carbocycles. The third-order valence-corrected chi connectivity index (χ3v) is 2.98. The van der Waals surface area contributed by atoms with Crippen LogP contribution in [0.5, 0.6) is 0 Å². The minimum atomic E-state index is -0.301. The van der Waals surface area contributed by atoms with Gasteiger partial charge in [0.15, 0.2) is 0 Å². The summed E-state index contributed by atoms with van der Waals surface area (Å²) in [5.74, 6) is -0.506. The molecule has 17 heavy (non-hydrogen) atoms. The summed E-state index contributed by atoms with van der Waals surface area (Å²) in [6.07, 6.45) is 1.94. The van der Waals surface area contributed by atoms with Crippen LogP contribution in [-0.2, 0) is 17.9 Å². The van der Waals surface area contributed by atoms with Crippen molar-refractivity contribution in [2.75, 3.05) is 0 Å². The van der Waals surface area contributed by atoms with Gasteiger partial charge < -0.3 is 15.4 Å². The van der Waals surface area contributed by atoms with Crippen molar-refractivity contribution in [2.24, 2.45) is 11.7 Å². The lowest BCUT2D eigenvalue weighted by molar-refractivity contribution is -0.121. The number of aromatic nitrogens is 1. The van der Waals surface area contributed by atoms with E-state index in [1.165, 1.54) is 0 Å². The van der Waals surface area contributed by atoms with Gasteiger partial charge >= 0.3 is 0 Å². The smallest absolute Gasteiger partial charge is 0.222 e. The van der Waals surface area contributed by atoms with Gasteiger partial charge in [-0.3, -0.25) is 4.79 Å². The number of carbonyl (C=O) groups excluding carboxylic acids is 1. The minimum absolute atomic E-state index is 0.0203. The number of fused-ring (bicyclic) bond motifs is 1. The third kappa shape index (κ3) is 2.31. The number of carbonyl (C=O) groups is 1.